The quantitative estimate of drug-likeness (QED) is 0.828. The van der Waals surface area contributed by atoms with E-state index in [2.05, 4.69) is 5.32 Å². The average molecular weight is 212 g/mol. The molecule has 1 heterocycles. The maximum Gasteiger partial charge on any atom is 0.241 e. The zero-order valence-electron chi connectivity index (χ0n) is 8.78. The first-order valence-electron chi connectivity index (χ1n) is 4.63. The minimum atomic E-state index is 0.117. The highest BCUT2D eigenvalue weighted by Crippen LogP contribution is 2.11. The highest BCUT2D eigenvalue weighted by molar-refractivity contribution is 7.08. The molecule has 1 aromatic rings. The van der Waals surface area contributed by atoms with Gasteiger partial charge in [0.2, 0.25) is 5.91 Å². The van der Waals surface area contributed by atoms with Gasteiger partial charge in [-0.15, -0.1) is 0 Å². The van der Waals surface area contributed by atoms with Crippen molar-refractivity contribution >= 4 is 22.9 Å². The molecule has 0 atom stereocenters. The van der Waals surface area contributed by atoms with Crippen LogP contribution in [0.15, 0.2) is 16.8 Å². The summed E-state index contributed by atoms with van der Waals surface area (Å²) in [5.74, 6) is 0.117. The number of thiophene rings is 1. The zero-order valence-corrected chi connectivity index (χ0v) is 9.60. The minimum Gasteiger partial charge on any atom is -0.375 e. The van der Waals surface area contributed by atoms with E-state index in [0.29, 0.717) is 6.54 Å². The molecule has 0 saturated heterocycles. The van der Waals surface area contributed by atoms with Gasteiger partial charge in [-0.25, -0.2) is 0 Å². The number of rotatable bonds is 4. The van der Waals surface area contributed by atoms with E-state index in [0.717, 1.165) is 5.69 Å². The molecule has 1 rings (SSSR count). The van der Waals surface area contributed by atoms with Crippen molar-refractivity contribution in [1.82, 2.24) is 4.90 Å². The second-order valence-corrected chi connectivity index (χ2v) is 4.24. The monoisotopic (exact) mass is 212 g/mol. The number of nitrogens with zero attached hydrogens (tertiary/aromatic N) is 1. The predicted molar refractivity (Wildman–Crippen MR) is 60.7 cm³/mol. The first-order chi connectivity index (χ1) is 6.61. The Bertz CT molecular complexity index is 282. The smallest absolute Gasteiger partial charge is 0.241 e. The lowest BCUT2D eigenvalue weighted by Gasteiger charge is -2.21. The van der Waals surface area contributed by atoms with E-state index >= 15 is 0 Å². The second kappa shape index (κ2) is 5.00. The van der Waals surface area contributed by atoms with Crippen LogP contribution in [-0.2, 0) is 4.79 Å². The van der Waals surface area contributed by atoms with Crippen molar-refractivity contribution in [3.63, 3.8) is 0 Å². The summed E-state index contributed by atoms with van der Waals surface area (Å²) in [7, 11) is 1.82. The van der Waals surface area contributed by atoms with E-state index in [9.17, 15) is 4.79 Å². The molecule has 0 fully saturated rings. The highest BCUT2D eigenvalue weighted by atomic mass is 32.1. The summed E-state index contributed by atoms with van der Waals surface area (Å²) in [5, 5.41) is 7.05. The number of anilines is 1. The Morgan fingerprint density at radius 2 is 2.36 bits per heavy atom. The number of carbonyl (C=O) groups excluding carboxylic acids is 1. The maximum absolute atomic E-state index is 11.5. The van der Waals surface area contributed by atoms with Crippen molar-refractivity contribution in [2.24, 2.45) is 0 Å². The Labute approximate surface area is 88.7 Å². The molecule has 0 aromatic carbocycles. The third-order valence-electron chi connectivity index (χ3n) is 2.13. The third kappa shape index (κ3) is 3.03. The molecular formula is C10H16N2OS. The molecule has 0 aliphatic heterocycles. The fourth-order valence-electron chi connectivity index (χ4n) is 0.955. The zero-order chi connectivity index (χ0) is 10.6. The molecule has 0 spiro atoms. The lowest BCUT2D eigenvalue weighted by atomic mass is 10.3. The molecule has 0 saturated carbocycles. The van der Waals surface area contributed by atoms with E-state index in [-0.39, 0.29) is 11.9 Å². The molecule has 1 aromatic heterocycles. The summed E-state index contributed by atoms with van der Waals surface area (Å²) in [4.78, 5) is 13.3. The van der Waals surface area contributed by atoms with Crippen LogP contribution < -0.4 is 5.32 Å². The van der Waals surface area contributed by atoms with Crippen molar-refractivity contribution in [2.45, 2.75) is 19.9 Å². The van der Waals surface area contributed by atoms with Crippen LogP contribution in [0.2, 0.25) is 0 Å². The van der Waals surface area contributed by atoms with Gasteiger partial charge in [-0.2, -0.15) is 11.3 Å². The van der Waals surface area contributed by atoms with E-state index in [1.807, 2.05) is 37.7 Å². The normalized spacial score (nSPS) is 10.3. The molecule has 0 aliphatic carbocycles. The van der Waals surface area contributed by atoms with Crippen LogP contribution in [-0.4, -0.2) is 30.4 Å². The van der Waals surface area contributed by atoms with Crippen molar-refractivity contribution < 1.29 is 4.79 Å². The van der Waals surface area contributed by atoms with Gasteiger partial charge >= 0.3 is 0 Å². The van der Waals surface area contributed by atoms with Crippen molar-refractivity contribution in [3.8, 4) is 0 Å². The number of likely N-dealkylation sites (N-methyl/N-ethyl adjacent to an activating group) is 1. The van der Waals surface area contributed by atoms with Crippen LogP contribution in [0.4, 0.5) is 5.69 Å². The molecule has 0 radical (unpaired) electrons. The first-order valence-corrected chi connectivity index (χ1v) is 5.57. The van der Waals surface area contributed by atoms with E-state index in [1.165, 1.54) is 0 Å². The Kier molecular flexibility index (Phi) is 3.95. The van der Waals surface area contributed by atoms with Crippen molar-refractivity contribution in [1.29, 1.82) is 0 Å². The van der Waals surface area contributed by atoms with E-state index < -0.39 is 0 Å². The SMILES string of the molecule is CC(C)N(C)C(=O)CNc1ccsc1. The van der Waals surface area contributed by atoms with Crippen LogP contribution in [0.25, 0.3) is 0 Å². The standard InChI is InChI=1S/C10H16N2OS/c1-8(2)12(3)10(13)6-11-9-4-5-14-7-9/h4-5,7-8,11H,6H2,1-3H3. The van der Waals surface area contributed by atoms with Gasteiger partial charge in [-0.3, -0.25) is 4.79 Å². The van der Waals surface area contributed by atoms with Crippen LogP contribution in [0.1, 0.15) is 13.8 Å². The Morgan fingerprint density at radius 1 is 1.64 bits per heavy atom. The van der Waals surface area contributed by atoms with Gasteiger partial charge in [-0.1, -0.05) is 0 Å². The van der Waals surface area contributed by atoms with Gasteiger partial charge in [0.25, 0.3) is 0 Å². The first kappa shape index (κ1) is 11.0. The molecule has 78 valence electrons. The molecule has 0 unspecified atom stereocenters. The number of nitrogens with one attached hydrogen (secondary N) is 1. The predicted octanol–water partition coefficient (Wildman–Crippen LogP) is 2.03. The van der Waals surface area contributed by atoms with Gasteiger partial charge in [0, 0.05) is 24.2 Å². The van der Waals surface area contributed by atoms with Crippen LogP contribution in [0.5, 0.6) is 0 Å². The average Bonchev–Trinajstić information content (AvgIpc) is 2.65. The van der Waals surface area contributed by atoms with Crippen molar-refractivity contribution in [2.75, 3.05) is 18.9 Å². The Balaban J connectivity index is 2.35. The molecule has 14 heavy (non-hydrogen) atoms. The summed E-state index contributed by atoms with van der Waals surface area (Å²) >= 11 is 1.62. The van der Waals surface area contributed by atoms with Gasteiger partial charge < -0.3 is 10.2 Å². The Hall–Kier alpha value is -1.03. The second-order valence-electron chi connectivity index (χ2n) is 3.46. The molecule has 1 amide bonds. The van der Waals surface area contributed by atoms with E-state index in [4.69, 9.17) is 0 Å². The highest BCUT2D eigenvalue weighted by Gasteiger charge is 2.10. The summed E-state index contributed by atoms with van der Waals surface area (Å²) in [6.07, 6.45) is 0. The topological polar surface area (TPSA) is 32.3 Å². The number of hydrogen-bond donors (Lipinski definition) is 1. The molecular weight excluding hydrogens is 196 g/mol. The fourth-order valence-corrected chi connectivity index (χ4v) is 1.57. The fraction of sp³-hybridized carbons (Fsp3) is 0.500. The molecule has 3 nitrogen and oxygen atoms in total. The molecule has 0 bridgehead atoms. The number of amides is 1. The van der Waals surface area contributed by atoms with Gasteiger partial charge in [0.1, 0.15) is 0 Å². The number of hydrogen-bond acceptors (Lipinski definition) is 3. The lowest BCUT2D eigenvalue weighted by Crippen LogP contribution is -2.37. The van der Waals surface area contributed by atoms with Gasteiger partial charge in [0.05, 0.1) is 6.54 Å². The summed E-state index contributed by atoms with van der Waals surface area (Å²) in [5.41, 5.74) is 1.01. The molecule has 1 N–H and O–H groups in total. The summed E-state index contributed by atoms with van der Waals surface area (Å²) in [6.45, 7) is 4.37. The van der Waals surface area contributed by atoms with Crippen LogP contribution >= 0.6 is 11.3 Å². The largest absolute Gasteiger partial charge is 0.375 e. The Morgan fingerprint density at radius 3 is 2.86 bits per heavy atom. The van der Waals surface area contributed by atoms with Crippen LogP contribution in [0.3, 0.4) is 0 Å². The third-order valence-corrected chi connectivity index (χ3v) is 2.82. The number of carbonyl (C=O) groups is 1. The molecule has 4 heteroatoms. The summed E-state index contributed by atoms with van der Waals surface area (Å²) < 4.78 is 0. The van der Waals surface area contributed by atoms with Gasteiger partial charge in [-0.05, 0) is 25.3 Å². The maximum atomic E-state index is 11.5. The summed E-state index contributed by atoms with van der Waals surface area (Å²) in [6, 6.07) is 2.22. The van der Waals surface area contributed by atoms with Crippen molar-refractivity contribution in [3.05, 3.63) is 16.8 Å². The minimum absolute atomic E-state index is 0.117. The lowest BCUT2D eigenvalue weighted by molar-refractivity contribution is -0.129. The molecule has 0 aliphatic rings. The van der Waals surface area contributed by atoms with Gasteiger partial charge in [0.15, 0.2) is 0 Å². The van der Waals surface area contributed by atoms with E-state index in [1.54, 1.807) is 16.2 Å². The van der Waals surface area contributed by atoms with Crippen LogP contribution in [0, 0.1) is 0 Å².